The van der Waals surface area contributed by atoms with E-state index in [0.717, 1.165) is 10.6 Å². The number of aliphatic hydroxyl groups is 1. The topological polar surface area (TPSA) is 122 Å². The second-order valence-electron chi connectivity index (χ2n) is 10.2. The number of carbonyl (C=O) groups excluding carboxylic acids is 3. The first-order valence-corrected chi connectivity index (χ1v) is 12.1. The van der Waals surface area contributed by atoms with E-state index < -0.39 is 30.0 Å². The molecular weight excluding hydrogens is 434 g/mol. The van der Waals surface area contributed by atoms with E-state index in [0.29, 0.717) is 19.3 Å². The summed E-state index contributed by atoms with van der Waals surface area (Å²) in [6, 6.07) is 8.05. The second-order valence-corrected chi connectivity index (χ2v) is 10.2. The number of carbonyl (C=O) groups is 3. The van der Waals surface area contributed by atoms with Crippen molar-refractivity contribution in [2.75, 3.05) is 0 Å². The van der Waals surface area contributed by atoms with Gasteiger partial charge in [-0.15, -0.1) is 0 Å². The molecule has 0 bridgehead atoms. The van der Waals surface area contributed by atoms with Gasteiger partial charge >= 0.3 is 0 Å². The van der Waals surface area contributed by atoms with Gasteiger partial charge in [0, 0.05) is 5.92 Å². The van der Waals surface area contributed by atoms with Crippen molar-refractivity contribution < 1.29 is 24.3 Å². The van der Waals surface area contributed by atoms with Gasteiger partial charge in [-0.1, -0.05) is 71.9 Å². The lowest BCUT2D eigenvalue weighted by Crippen LogP contribution is -2.50. The minimum absolute atomic E-state index is 0.100. The van der Waals surface area contributed by atoms with Gasteiger partial charge in [0.2, 0.25) is 18.2 Å². The summed E-state index contributed by atoms with van der Waals surface area (Å²) in [7, 11) is 0. The number of aliphatic hydroxyl groups excluding tert-OH is 1. The van der Waals surface area contributed by atoms with Crippen LogP contribution in [0.2, 0.25) is 0 Å². The standard InChI is InChI=1S/C26H43N3O5/c1-17(2)12-22(25(27)32)28-26(33)21(19(5)6)14-24(31)23(13-18(3)4)29(16-30)34-15-20-10-8-7-9-11-20/h7-11,16-19,21-24,31H,12-15H2,1-6H3,(H2,27,32)(H,28,33)/t21?,22-,23?,24?/m0/s1. The molecule has 0 saturated carbocycles. The number of primary amides is 1. The van der Waals surface area contributed by atoms with Gasteiger partial charge in [-0.05, 0) is 42.6 Å². The smallest absolute Gasteiger partial charge is 0.240 e. The second kappa shape index (κ2) is 14.7. The van der Waals surface area contributed by atoms with Crippen LogP contribution in [-0.2, 0) is 25.8 Å². The summed E-state index contributed by atoms with van der Waals surface area (Å²) in [5, 5.41) is 15.1. The summed E-state index contributed by atoms with van der Waals surface area (Å²) in [6.07, 6.45) is 0.635. The van der Waals surface area contributed by atoms with Crippen LogP contribution in [0.5, 0.6) is 0 Å². The van der Waals surface area contributed by atoms with Crippen LogP contribution in [0.25, 0.3) is 0 Å². The van der Waals surface area contributed by atoms with Gasteiger partial charge in [0.05, 0.1) is 12.1 Å². The zero-order valence-corrected chi connectivity index (χ0v) is 21.4. The number of benzene rings is 1. The Labute approximate surface area is 204 Å². The minimum Gasteiger partial charge on any atom is -0.391 e. The average molecular weight is 478 g/mol. The summed E-state index contributed by atoms with van der Waals surface area (Å²) in [5.41, 5.74) is 6.39. The molecule has 0 fully saturated rings. The van der Waals surface area contributed by atoms with Crippen molar-refractivity contribution in [3.8, 4) is 0 Å². The molecule has 1 aromatic carbocycles. The Bertz CT molecular complexity index is 754. The SMILES string of the molecule is CC(C)CC(C(O)CC(C(=O)N[C@@H](CC(C)C)C(N)=O)C(C)C)N(C=O)OCc1ccccc1. The molecule has 8 heteroatoms. The maximum atomic E-state index is 13.1. The molecule has 3 unspecified atom stereocenters. The van der Waals surface area contributed by atoms with Crippen LogP contribution in [-0.4, -0.2) is 46.6 Å². The van der Waals surface area contributed by atoms with E-state index in [-0.39, 0.29) is 36.7 Å². The molecule has 0 spiro atoms. The molecule has 4 atom stereocenters. The third kappa shape index (κ3) is 10.2. The van der Waals surface area contributed by atoms with Gasteiger partial charge in [-0.2, -0.15) is 0 Å². The molecule has 0 saturated heterocycles. The zero-order valence-electron chi connectivity index (χ0n) is 21.4. The Morgan fingerprint density at radius 1 is 1.03 bits per heavy atom. The molecule has 0 radical (unpaired) electrons. The quantitative estimate of drug-likeness (QED) is 0.250. The highest BCUT2D eigenvalue weighted by Crippen LogP contribution is 2.25. The number of amides is 3. The first-order valence-electron chi connectivity index (χ1n) is 12.1. The van der Waals surface area contributed by atoms with Gasteiger partial charge in [0.25, 0.3) is 0 Å². The minimum atomic E-state index is -1.00. The highest BCUT2D eigenvalue weighted by molar-refractivity contribution is 5.87. The Kier molecular flexibility index (Phi) is 12.8. The zero-order chi connectivity index (χ0) is 25.8. The fourth-order valence-electron chi connectivity index (χ4n) is 3.94. The third-order valence-electron chi connectivity index (χ3n) is 5.81. The van der Waals surface area contributed by atoms with E-state index in [9.17, 15) is 19.5 Å². The number of hydrogen-bond donors (Lipinski definition) is 3. The van der Waals surface area contributed by atoms with Crippen LogP contribution in [0, 0.1) is 23.7 Å². The highest BCUT2D eigenvalue weighted by Gasteiger charge is 2.34. The van der Waals surface area contributed by atoms with Crippen LogP contribution in [0.3, 0.4) is 0 Å². The van der Waals surface area contributed by atoms with Crippen LogP contribution in [0.4, 0.5) is 0 Å². The molecule has 0 aliphatic heterocycles. The monoisotopic (exact) mass is 477 g/mol. The Balaban J connectivity index is 2.98. The highest BCUT2D eigenvalue weighted by atomic mass is 16.7. The van der Waals surface area contributed by atoms with Gasteiger partial charge in [0.15, 0.2) is 0 Å². The molecule has 1 aromatic rings. The number of nitrogens with one attached hydrogen (secondary N) is 1. The Morgan fingerprint density at radius 2 is 1.62 bits per heavy atom. The maximum Gasteiger partial charge on any atom is 0.240 e. The molecule has 0 aliphatic rings. The molecule has 0 aromatic heterocycles. The summed E-state index contributed by atoms with van der Waals surface area (Å²) in [6.45, 7) is 11.9. The summed E-state index contributed by atoms with van der Waals surface area (Å²) < 4.78 is 0. The predicted octanol–water partition coefficient (Wildman–Crippen LogP) is 3.03. The Morgan fingerprint density at radius 3 is 2.09 bits per heavy atom. The lowest BCUT2D eigenvalue weighted by molar-refractivity contribution is -0.208. The summed E-state index contributed by atoms with van der Waals surface area (Å²) in [5.74, 6) is -1.22. The molecule has 8 nitrogen and oxygen atoms in total. The first kappa shape index (κ1) is 29.6. The number of nitrogens with zero attached hydrogens (tertiary/aromatic N) is 1. The molecular formula is C26H43N3O5. The van der Waals surface area contributed by atoms with E-state index >= 15 is 0 Å². The van der Waals surface area contributed by atoms with E-state index in [4.69, 9.17) is 10.6 Å². The number of nitrogens with two attached hydrogens (primary N) is 1. The molecule has 1 rings (SSSR count). The first-order chi connectivity index (χ1) is 16.0. The maximum absolute atomic E-state index is 13.1. The van der Waals surface area contributed by atoms with E-state index in [1.54, 1.807) is 0 Å². The summed E-state index contributed by atoms with van der Waals surface area (Å²) >= 11 is 0. The average Bonchev–Trinajstić information content (AvgIpc) is 2.76. The molecule has 34 heavy (non-hydrogen) atoms. The lowest BCUT2D eigenvalue weighted by Gasteiger charge is -2.34. The fourth-order valence-corrected chi connectivity index (χ4v) is 3.94. The van der Waals surface area contributed by atoms with Crippen molar-refractivity contribution in [3.63, 3.8) is 0 Å². The predicted molar refractivity (Wildman–Crippen MR) is 132 cm³/mol. The Hall–Kier alpha value is -2.45. The van der Waals surface area contributed by atoms with Gasteiger partial charge in [0.1, 0.15) is 12.6 Å². The number of rotatable bonds is 16. The molecule has 4 N–H and O–H groups in total. The molecule has 192 valence electrons. The third-order valence-corrected chi connectivity index (χ3v) is 5.81. The van der Waals surface area contributed by atoms with Crippen molar-refractivity contribution in [2.24, 2.45) is 29.4 Å². The number of hydroxylamine groups is 2. The van der Waals surface area contributed by atoms with Crippen LogP contribution in [0.15, 0.2) is 30.3 Å². The lowest BCUT2D eigenvalue weighted by atomic mass is 9.85. The van der Waals surface area contributed by atoms with Crippen LogP contribution >= 0.6 is 0 Å². The van der Waals surface area contributed by atoms with Crippen molar-refractivity contribution in [1.29, 1.82) is 0 Å². The largest absolute Gasteiger partial charge is 0.391 e. The van der Waals surface area contributed by atoms with Gasteiger partial charge in [-0.25, -0.2) is 5.06 Å². The van der Waals surface area contributed by atoms with Crippen LogP contribution < -0.4 is 11.1 Å². The summed E-state index contributed by atoms with van der Waals surface area (Å²) in [4.78, 5) is 42.5. The number of hydrogen-bond acceptors (Lipinski definition) is 5. The van der Waals surface area contributed by atoms with Gasteiger partial charge in [-0.3, -0.25) is 19.2 Å². The molecule has 0 heterocycles. The molecule has 3 amide bonds. The van der Waals surface area contributed by atoms with Crippen LogP contribution in [0.1, 0.15) is 66.4 Å². The van der Waals surface area contributed by atoms with Gasteiger partial charge < -0.3 is 16.2 Å². The van der Waals surface area contributed by atoms with E-state index in [1.165, 1.54) is 0 Å². The van der Waals surface area contributed by atoms with Crippen molar-refractivity contribution in [1.82, 2.24) is 10.4 Å². The molecule has 0 aliphatic carbocycles. The van der Waals surface area contributed by atoms with Crippen molar-refractivity contribution >= 4 is 18.2 Å². The van der Waals surface area contributed by atoms with E-state index in [1.807, 2.05) is 71.9 Å². The van der Waals surface area contributed by atoms with E-state index in [2.05, 4.69) is 5.32 Å². The van der Waals surface area contributed by atoms with Crippen molar-refractivity contribution in [3.05, 3.63) is 35.9 Å². The normalized spacial score (nSPS) is 15.1. The van der Waals surface area contributed by atoms with Crippen molar-refractivity contribution in [2.45, 2.75) is 85.6 Å². The fraction of sp³-hybridized carbons (Fsp3) is 0.654.